The van der Waals surface area contributed by atoms with Crippen LogP contribution in [-0.2, 0) is 31.8 Å². The molecule has 3 N–H and O–H groups in total. The highest BCUT2D eigenvalue weighted by Crippen LogP contribution is 2.36. The van der Waals surface area contributed by atoms with E-state index in [1.807, 2.05) is 0 Å². The van der Waals surface area contributed by atoms with E-state index >= 15 is 0 Å². The highest BCUT2D eigenvalue weighted by Gasteiger charge is 2.44. The van der Waals surface area contributed by atoms with Crippen molar-refractivity contribution in [2.45, 2.75) is 25.6 Å². The van der Waals surface area contributed by atoms with Gasteiger partial charge in [0.2, 0.25) is 5.91 Å². The largest absolute Gasteiger partial charge is 0.418 e. The van der Waals surface area contributed by atoms with Crippen LogP contribution in [0.2, 0.25) is 0 Å². The molecule has 2 aromatic rings. The van der Waals surface area contributed by atoms with Crippen LogP contribution in [0.3, 0.4) is 0 Å². The molecule has 0 unspecified atom stereocenters. The first-order valence-corrected chi connectivity index (χ1v) is 11.1. The molecule has 2 heterocycles. The fourth-order valence-electron chi connectivity index (χ4n) is 4.10. The Labute approximate surface area is 199 Å². The number of amides is 1. The molecule has 184 valence electrons. The number of halogens is 3. The van der Waals surface area contributed by atoms with Gasteiger partial charge < -0.3 is 20.7 Å². The van der Waals surface area contributed by atoms with E-state index in [-0.39, 0.29) is 55.0 Å². The van der Waals surface area contributed by atoms with Crippen molar-refractivity contribution in [3.63, 3.8) is 0 Å². The van der Waals surface area contributed by atoms with Crippen LogP contribution in [-0.4, -0.2) is 37.2 Å². The maximum absolute atomic E-state index is 13.2. The molecule has 1 amide bonds. The predicted octanol–water partition coefficient (Wildman–Crippen LogP) is 3.49. The highest BCUT2D eigenvalue weighted by atomic mass is 19.4. The van der Waals surface area contributed by atoms with Gasteiger partial charge in [0.25, 0.3) is 0 Å². The molecular weight excluding hydrogens is 463 g/mol. The van der Waals surface area contributed by atoms with E-state index in [1.165, 1.54) is 24.3 Å². The average Bonchev–Trinajstić information content (AvgIpc) is 3.48. The maximum Gasteiger partial charge on any atom is 0.418 e. The van der Waals surface area contributed by atoms with E-state index in [0.717, 1.165) is 11.6 Å². The average molecular weight is 487 g/mol. The van der Waals surface area contributed by atoms with Gasteiger partial charge in [0.1, 0.15) is 0 Å². The molecule has 35 heavy (non-hydrogen) atoms. The number of para-hydroxylation sites is 1. The number of ketones is 2. The third-order valence-electron chi connectivity index (χ3n) is 6.06. The summed E-state index contributed by atoms with van der Waals surface area (Å²) in [5.41, 5.74) is -0.419. The summed E-state index contributed by atoms with van der Waals surface area (Å²) < 4.78 is 45.0. The van der Waals surface area contributed by atoms with Crippen LogP contribution >= 0.6 is 0 Å². The number of allylic oxidation sites excluding steroid dienone is 1. The van der Waals surface area contributed by atoms with E-state index in [2.05, 4.69) is 16.0 Å². The fourth-order valence-corrected chi connectivity index (χ4v) is 4.10. The Morgan fingerprint density at radius 2 is 1.83 bits per heavy atom. The van der Waals surface area contributed by atoms with E-state index in [4.69, 9.17) is 4.74 Å². The van der Waals surface area contributed by atoms with Crippen molar-refractivity contribution in [3.8, 4) is 0 Å². The van der Waals surface area contributed by atoms with Gasteiger partial charge >= 0.3 is 6.18 Å². The lowest BCUT2D eigenvalue weighted by Crippen LogP contribution is -2.43. The summed E-state index contributed by atoms with van der Waals surface area (Å²) in [6.45, 7) is 0.705. The SMILES string of the molecule is O=C1C=C(C(=O)C[C@@]2(C(=O)NCc3ccc(Nc4ccccc4C(F)(F)F)cc3)CCOC2)NC1. The number of rotatable bonds is 8. The monoisotopic (exact) mass is 487 g/mol. The Morgan fingerprint density at radius 3 is 2.46 bits per heavy atom. The number of hydrogen-bond donors (Lipinski definition) is 3. The lowest BCUT2D eigenvalue weighted by Gasteiger charge is -2.25. The minimum Gasteiger partial charge on any atom is -0.380 e. The number of carbonyl (C=O) groups is 3. The molecule has 0 saturated carbocycles. The van der Waals surface area contributed by atoms with Crippen molar-refractivity contribution < 1.29 is 32.3 Å². The van der Waals surface area contributed by atoms with E-state index < -0.39 is 17.2 Å². The molecule has 1 fully saturated rings. The van der Waals surface area contributed by atoms with Crippen molar-refractivity contribution in [2.75, 3.05) is 25.1 Å². The topological polar surface area (TPSA) is 96.5 Å². The number of nitrogens with one attached hydrogen (secondary N) is 3. The summed E-state index contributed by atoms with van der Waals surface area (Å²) >= 11 is 0. The zero-order valence-electron chi connectivity index (χ0n) is 18.7. The zero-order chi connectivity index (χ0) is 25.1. The molecule has 0 spiro atoms. The number of alkyl halides is 3. The highest BCUT2D eigenvalue weighted by molar-refractivity contribution is 6.07. The number of ether oxygens (including phenoxy) is 1. The summed E-state index contributed by atoms with van der Waals surface area (Å²) in [6, 6.07) is 11.9. The van der Waals surface area contributed by atoms with Crippen molar-refractivity contribution in [2.24, 2.45) is 5.41 Å². The lowest BCUT2D eigenvalue weighted by atomic mass is 9.80. The molecule has 2 aromatic carbocycles. The van der Waals surface area contributed by atoms with Gasteiger partial charge in [0.05, 0.1) is 35.5 Å². The summed E-state index contributed by atoms with van der Waals surface area (Å²) in [7, 11) is 0. The smallest absolute Gasteiger partial charge is 0.380 e. The normalized spacial score (nSPS) is 19.7. The van der Waals surface area contributed by atoms with Crippen LogP contribution in [0.4, 0.5) is 24.5 Å². The second kappa shape index (κ2) is 9.91. The van der Waals surface area contributed by atoms with Gasteiger partial charge in [0, 0.05) is 31.3 Å². The molecule has 0 aliphatic carbocycles. The second-order valence-electron chi connectivity index (χ2n) is 8.61. The number of Topliss-reactive ketones (excluding diaryl/α,β-unsaturated/α-hetero) is 1. The second-order valence-corrected chi connectivity index (χ2v) is 8.61. The van der Waals surface area contributed by atoms with Crippen molar-refractivity contribution in [1.29, 1.82) is 0 Å². The number of anilines is 2. The first-order chi connectivity index (χ1) is 16.7. The summed E-state index contributed by atoms with van der Waals surface area (Å²) in [6.07, 6.45) is -2.92. The molecule has 0 bridgehead atoms. The summed E-state index contributed by atoms with van der Waals surface area (Å²) in [4.78, 5) is 37.0. The van der Waals surface area contributed by atoms with Crippen LogP contribution in [0.5, 0.6) is 0 Å². The zero-order valence-corrected chi connectivity index (χ0v) is 18.7. The van der Waals surface area contributed by atoms with Gasteiger partial charge in [-0.1, -0.05) is 24.3 Å². The van der Waals surface area contributed by atoms with Crippen LogP contribution in [0, 0.1) is 5.41 Å². The molecule has 2 aliphatic rings. The Bertz CT molecular complexity index is 1150. The van der Waals surface area contributed by atoms with Crippen LogP contribution < -0.4 is 16.0 Å². The van der Waals surface area contributed by atoms with Gasteiger partial charge in [-0.2, -0.15) is 13.2 Å². The number of carbonyl (C=O) groups excluding carboxylic acids is 3. The van der Waals surface area contributed by atoms with Crippen molar-refractivity contribution in [3.05, 3.63) is 71.4 Å². The third-order valence-corrected chi connectivity index (χ3v) is 6.06. The van der Waals surface area contributed by atoms with Crippen molar-refractivity contribution >= 4 is 28.8 Å². The molecule has 2 aliphatic heterocycles. The molecule has 0 radical (unpaired) electrons. The Balaban J connectivity index is 1.38. The molecule has 10 heteroatoms. The van der Waals surface area contributed by atoms with Gasteiger partial charge in [0.15, 0.2) is 11.6 Å². The maximum atomic E-state index is 13.2. The fraction of sp³-hybridized carbons (Fsp3) is 0.320. The minimum atomic E-state index is -4.48. The van der Waals surface area contributed by atoms with Gasteiger partial charge in [-0.15, -0.1) is 0 Å². The summed E-state index contributed by atoms with van der Waals surface area (Å²) in [5, 5.41) is 8.36. The Kier molecular flexibility index (Phi) is 6.93. The first kappa shape index (κ1) is 24.5. The van der Waals surface area contributed by atoms with Crippen LogP contribution in [0.15, 0.2) is 60.3 Å². The molecule has 1 atom stereocenters. The third kappa shape index (κ3) is 5.71. The number of hydrogen-bond acceptors (Lipinski definition) is 6. The van der Waals surface area contributed by atoms with E-state index in [9.17, 15) is 27.6 Å². The van der Waals surface area contributed by atoms with Crippen LogP contribution in [0.1, 0.15) is 24.0 Å². The standard InChI is InChI=1S/C25H24F3N3O4/c26-25(27,28)19-3-1-2-4-20(19)31-17-7-5-16(6-8-17)13-30-23(34)24(9-10-35-15-24)12-22(33)21-11-18(32)14-29-21/h1-8,11,29,31H,9-10,12-15H2,(H,30,34)/t24-/m0/s1. The Hall–Kier alpha value is -3.66. The minimum absolute atomic E-state index is 0.0533. The lowest BCUT2D eigenvalue weighted by molar-refractivity contribution is -0.137. The van der Waals surface area contributed by atoms with Gasteiger partial charge in [-0.25, -0.2) is 0 Å². The van der Waals surface area contributed by atoms with E-state index in [1.54, 1.807) is 24.3 Å². The quantitative estimate of drug-likeness (QED) is 0.528. The molecule has 4 rings (SSSR count). The predicted molar refractivity (Wildman–Crippen MR) is 122 cm³/mol. The first-order valence-electron chi connectivity index (χ1n) is 11.1. The molecule has 0 aromatic heterocycles. The molecule has 7 nitrogen and oxygen atoms in total. The Morgan fingerprint density at radius 1 is 1.09 bits per heavy atom. The van der Waals surface area contributed by atoms with Gasteiger partial charge in [-0.05, 0) is 36.2 Å². The van der Waals surface area contributed by atoms with Gasteiger partial charge in [-0.3, -0.25) is 14.4 Å². The molecular formula is C25H24F3N3O4. The molecule has 1 saturated heterocycles. The van der Waals surface area contributed by atoms with Crippen molar-refractivity contribution in [1.82, 2.24) is 10.6 Å². The number of benzene rings is 2. The van der Waals surface area contributed by atoms with E-state index in [0.29, 0.717) is 18.7 Å². The summed E-state index contributed by atoms with van der Waals surface area (Å²) in [5.74, 6) is -0.824. The van der Waals surface area contributed by atoms with Crippen LogP contribution in [0.25, 0.3) is 0 Å².